The molecule has 2 nitrogen and oxygen atoms in total. The molecule has 0 amide bonds. The summed E-state index contributed by atoms with van der Waals surface area (Å²) >= 11 is 0. The van der Waals surface area contributed by atoms with E-state index in [1.165, 1.54) is 0 Å². The molecule has 1 aromatic rings. The first-order valence-electron chi connectivity index (χ1n) is 6.34. The average molecular weight is 248 g/mol. The first-order valence-corrected chi connectivity index (χ1v) is 6.34. The monoisotopic (exact) mass is 248 g/mol. The number of benzene rings is 1. The van der Waals surface area contributed by atoms with Crippen molar-refractivity contribution in [2.24, 2.45) is 5.41 Å². The van der Waals surface area contributed by atoms with Crippen LogP contribution in [0.2, 0.25) is 0 Å². The topological polar surface area (TPSA) is 26.3 Å². The number of hydrogen-bond donors (Lipinski definition) is 0. The van der Waals surface area contributed by atoms with Gasteiger partial charge in [-0.05, 0) is 26.3 Å². The molecule has 0 fully saturated rings. The Hall–Kier alpha value is -1.15. The van der Waals surface area contributed by atoms with Crippen LogP contribution in [-0.2, 0) is 15.1 Å². The predicted molar refractivity (Wildman–Crippen MR) is 74.5 cm³/mol. The molecule has 0 aliphatic carbocycles. The van der Waals surface area contributed by atoms with Crippen molar-refractivity contribution >= 4 is 6.29 Å². The molecule has 0 heterocycles. The Morgan fingerprint density at radius 2 is 1.44 bits per heavy atom. The van der Waals surface area contributed by atoms with Gasteiger partial charge in [0, 0.05) is 5.41 Å². The van der Waals surface area contributed by atoms with Crippen LogP contribution in [0.15, 0.2) is 30.3 Å². The van der Waals surface area contributed by atoms with Crippen LogP contribution in [0.5, 0.6) is 0 Å². The Kier molecular flexibility index (Phi) is 4.02. The van der Waals surface area contributed by atoms with E-state index in [0.29, 0.717) is 0 Å². The van der Waals surface area contributed by atoms with Crippen molar-refractivity contribution in [3.05, 3.63) is 35.9 Å². The van der Waals surface area contributed by atoms with Crippen LogP contribution in [0.4, 0.5) is 0 Å². The summed E-state index contributed by atoms with van der Waals surface area (Å²) < 4.78 is 6.16. The molecule has 1 aromatic carbocycles. The van der Waals surface area contributed by atoms with Crippen molar-refractivity contribution in [3.8, 4) is 0 Å². The maximum absolute atomic E-state index is 11.8. The maximum Gasteiger partial charge on any atom is 0.157 e. The molecule has 0 bridgehead atoms. The summed E-state index contributed by atoms with van der Waals surface area (Å²) in [4.78, 5) is 11.8. The van der Waals surface area contributed by atoms with Crippen molar-refractivity contribution in [1.82, 2.24) is 0 Å². The fraction of sp³-hybridized carbons (Fsp3) is 0.562. The molecule has 1 unspecified atom stereocenters. The summed E-state index contributed by atoms with van der Waals surface area (Å²) in [6, 6.07) is 9.71. The van der Waals surface area contributed by atoms with Gasteiger partial charge in [-0.2, -0.15) is 0 Å². The van der Waals surface area contributed by atoms with E-state index < -0.39 is 5.60 Å². The van der Waals surface area contributed by atoms with Gasteiger partial charge in [0.05, 0.1) is 5.60 Å². The van der Waals surface area contributed by atoms with Crippen molar-refractivity contribution in [3.63, 3.8) is 0 Å². The number of carbonyl (C=O) groups excluding carboxylic acids is 1. The quantitative estimate of drug-likeness (QED) is 0.757. The Balaban J connectivity index is 3.38. The van der Waals surface area contributed by atoms with Crippen LogP contribution in [0.25, 0.3) is 0 Å². The lowest BCUT2D eigenvalue weighted by Crippen LogP contribution is -2.48. The maximum atomic E-state index is 11.8. The number of carbonyl (C=O) groups is 1. The molecule has 0 radical (unpaired) electrons. The smallest absolute Gasteiger partial charge is 0.157 e. The molecule has 0 spiro atoms. The van der Waals surface area contributed by atoms with E-state index in [1.807, 2.05) is 71.9 Å². The van der Waals surface area contributed by atoms with E-state index in [-0.39, 0.29) is 11.0 Å². The number of ether oxygens (including phenoxy) is 1. The molecule has 18 heavy (non-hydrogen) atoms. The largest absolute Gasteiger partial charge is 0.357 e. The van der Waals surface area contributed by atoms with Gasteiger partial charge in [0.25, 0.3) is 0 Å². The zero-order valence-electron chi connectivity index (χ0n) is 12.3. The number of rotatable bonds is 3. The van der Waals surface area contributed by atoms with Gasteiger partial charge in [0.1, 0.15) is 0 Å². The highest BCUT2D eigenvalue weighted by Gasteiger charge is 2.47. The summed E-state index contributed by atoms with van der Waals surface area (Å²) in [6.07, 6.45) is 0.938. The van der Waals surface area contributed by atoms with E-state index in [0.717, 1.165) is 11.8 Å². The second kappa shape index (κ2) is 4.85. The van der Waals surface area contributed by atoms with E-state index in [1.54, 1.807) is 0 Å². The lowest BCUT2D eigenvalue weighted by atomic mass is 9.72. The Morgan fingerprint density at radius 1 is 0.944 bits per heavy atom. The molecule has 0 aliphatic rings. The highest BCUT2D eigenvalue weighted by Crippen LogP contribution is 2.43. The second-order valence-electron chi connectivity index (χ2n) is 6.68. The Bertz CT molecular complexity index is 395. The minimum atomic E-state index is -0.924. The summed E-state index contributed by atoms with van der Waals surface area (Å²) in [7, 11) is 0. The van der Waals surface area contributed by atoms with Crippen molar-refractivity contribution in [2.75, 3.05) is 0 Å². The van der Waals surface area contributed by atoms with Gasteiger partial charge in [0.15, 0.2) is 11.9 Å². The van der Waals surface area contributed by atoms with Gasteiger partial charge in [-0.1, -0.05) is 51.1 Å². The molecule has 2 heteroatoms. The molecule has 1 atom stereocenters. The predicted octanol–water partition coefficient (Wildman–Crippen LogP) is 3.94. The van der Waals surface area contributed by atoms with Crippen molar-refractivity contribution in [1.29, 1.82) is 0 Å². The molecular formula is C16H24O2. The fourth-order valence-electron chi connectivity index (χ4n) is 2.08. The fourth-order valence-corrected chi connectivity index (χ4v) is 2.08. The van der Waals surface area contributed by atoms with Gasteiger partial charge in [-0.3, -0.25) is 4.79 Å². The standard InChI is InChI=1S/C16H24O2/c1-14(2,3)16(12-17,18-15(4,5)6)13-10-8-7-9-11-13/h7-12H,1-6H3. The van der Waals surface area contributed by atoms with Crippen LogP contribution < -0.4 is 0 Å². The highest BCUT2D eigenvalue weighted by molar-refractivity contribution is 5.68. The molecule has 100 valence electrons. The zero-order chi connectivity index (χ0) is 14.0. The summed E-state index contributed by atoms with van der Waals surface area (Å²) in [6.45, 7) is 12.0. The number of hydrogen-bond acceptors (Lipinski definition) is 2. The second-order valence-corrected chi connectivity index (χ2v) is 6.68. The Labute approximate surface area is 110 Å². The van der Waals surface area contributed by atoms with E-state index in [2.05, 4.69) is 0 Å². The molecule has 1 rings (SSSR count). The highest BCUT2D eigenvalue weighted by atomic mass is 16.5. The van der Waals surface area contributed by atoms with Crippen LogP contribution in [0.1, 0.15) is 47.1 Å². The van der Waals surface area contributed by atoms with E-state index in [4.69, 9.17) is 4.74 Å². The van der Waals surface area contributed by atoms with Crippen molar-refractivity contribution in [2.45, 2.75) is 52.7 Å². The minimum absolute atomic E-state index is 0.316. The zero-order valence-corrected chi connectivity index (χ0v) is 12.3. The van der Waals surface area contributed by atoms with Crippen molar-refractivity contribution < 1.29 is 9.53 Å². The third kappa shape index (κ3) is 2.99. The van der Waals surface area contributed by atoms with Crippen LogP contribution in [0.3, 0.4) is 0 Å². The lowest BCUT2D eigenvalue weighted by molar-refractivity contribution is -0.186. The van der Waals surface area contributed by atoms with E-state index >= 15 is 0 Å². The minimum Gasteiger partial charge on any atom is -0.357 e. The number of aldehydes is 1. The van der Waals surface area contributed by atoms with Crippen LogP contribution in [0, 0.1) is 5.41 Å². The van der Waals surface area contributed by atoms with Gasteiger partial charge in [-0.25, -0.2) is 0 Å². The van der Waals surface area contributed by atoms with Crippen LogP contribution in [-0.4, -0.2) is 11.9 Å². The molecule has 0 aliphatic heterocycles. The van der Waals surface area contributed by atoms with Gasteiger partial charge >= 0.3 is 0 Å². The molecule has 0 aromatic heterocycles. The summed E-state index contributed by atoms with van der Waals surface area (Å²) in [5.74, 6) is 0. The lowest BCUT2D eigenvalue weighted by Gasteiger charge is -2.44. The molecular weight excluding hydrogens is 224 g/mol. The third-order valence-electron chi connectivity index (χ3n) is 2.95. The normalized spacial score (nSPS) is 16.1. The van der Waals surface area contributed by atoms with Gasteiger partial charge in [-0.15, -0.1) is 0 Å². The van der Waals surface area contributed by atoms with Crippen LogP contribution >= 0.6 is 0 Å². The SMILES string of the molecule is CC(C)(C)OC(C=O)(c1ccccc1)C(C)(C)C. The van der Waals surface area contributed by atoms with Gasteiger partial charge in [0.2, 0.25) is 0 Å². The Morgan fingerprint density at radius 3 is 1.78 bits per heavy atom. The average Bonchev–Trinajstić information content (AvgIpc) is 2.24. The first-order chi connectivity index (χ1) is 8.12. The first kappa shape index (κ1) is 14.9. The molecule has 0 saturated heterocycles. The molecule has 0 saturated carbocycles. The summed E-state index contributed by atoms with van der Waals surface area (Å²) in [5, 5.41) is 0. The van der Waals surface area contributed by atoms with Gasteiger partial charge < -0.3 is 4.74 Å². The molecule has 0 N–H and O–H groups in total. The summed E-state index contributed by atoms with van der Waals surface area (Å²) in [5.41, 5.74) is -0.720. The van der Waals surface area contributed by atoms with E-state index in [9.17, 15) is 4.79 Å². The third-order valence-corrected chi connectivity index (χ3v) is 2.95.